The Labute approximate surface area is 401 Å². The van der Waals surface area contributed by atoms with Crippen molar-refractivity contribution in [2.75, 3.05) is 59.4 Å². The van der Waals surface area contributed by atoms with Crippen molar-refractivity contribution in [3.05, 3.63) is 95.5 Å². The van der Waals surface area contributed by atoms with Crippen LogP contribution in [0.5, 0.6) is 0 Å². The maximum Gasteiger partial charge on any atom is 0.287 e. The van der Waals surface area contributed by atoms with Crippen molar-refractivity contribution in [3.63, 3.8) is 0 Å². The lowest BCUT2D eigenvalue weighted by Crippen LogP contribution is -2.44. The molecule has 9 heterocycles. The monoisotopic (exact) mass is 937 g/mol. The van der Waals surface area contributed by atoms with E-state index in [1.54, 1.807) is 36.9 Å². The van der Waals surface area contributed by atoms with Gasteiger partial charge in [0.25, 0.3) is 23.6 Å². The fourth-order valence-corrected chi connectivity index (χ4v) is 12.2. The fourth-order valence-electron chi connectivity index (χ4n) is 12.2. The molecule has 11 rings (SSSR count). The predicted octanol–water partition coefficient (Wildman–Crippen LogP) is 6.65. The molecule has 5 aliphatic rings. The SMILES string of the molecule is Cc1cc(C(=O)N2CCC3(CC2)CC3CNC(=O)c2cc3ccncc3o2)n(C(C)(C)Cc2cc3cc(C(=O)NCC4CC5(CCCN(C(=O)c6cnn(C7CCN(C)C7)c6)CC5)C4)oc3cn2)n1. The molecule has 17 nitrogen and oxygen atoms in total. The number of carbonyl (C=O) groups excluding carboxylic acids is 4. The number of piperidine rings is 1. The van der Waals surface area contributed by atoms with Gasteiger partial charge in [-0.05, 0) is 145 Å². The van der Waals surface area contributed by atoms with Crippen LogP contribution in [-0.4, -0.2) is 127 Å². The molecule has 17 heteroatoms. The number of hydrogen-bond donors (Lipinski definition) is 2. The molecular formula is C52H63N11O6. The van der Waals surface area contributed by atoms with Gasteiger partial charge in [0.15, 0.2) is 22.7 Å². The maximum atomic E-state index is 14.2. The zero-order chi connectivity index (χ0) is 47.7. The summed E-state index contributed by atoms with van der Waals surface area (Å²) < 4.78 is 15.5. The predicted molar refractivity (Wildman–Crippen MR) is 257 cm³/mol. The summed E-state index contributed by atoms with van der Waals surface area (Å²) in [6.45, 7) is 12.0. The Morgan fingerprint density at radius 1 is 0.812 bits per heavy atom. The van der Waals surface area contributed by atoms with Gasteiger partial charge in [-0.2, -0.15) is 10.2 Å². The van der Waals surface area contributed by atoms with Crippen LogP contribution in [-0.2, 0) is 12.0 Å². The topological polar surface area (TPSA) is 190 Å². The summed E-state index contributed by atoms with van der Waals surface area (Å²) in [6, 6.07) is 9.51. The number of aryl methyl sites for hydroxylation is 1. The van der Waals surface area contributed by atoms with Crippen molar-refractivity contribution < 1.29 is 28.0 Å². The van der Waals surface area contributed by atoms with Gasteiger partial charge in [0.1, 0.15) is 5.69 Å². The molecule has 0 bridgehead atoms. The van der Waals surface area contributed by atoms with E-state index in [4.69, 9.17) is 18.9 Å². The van der Waals surface area contributed by atoms with Crippen molar-refractivity contribution in [2.45, 2.75) is 96.6 Å². The number of fused-ring (bicyclic) bond motifs is 2. The molecule has 69 heavy (non-hydrogen) atoms. The number of nitrogens with zero attached hydrogens (tertiary/aromatic N) is 9. The van der Waals surface area contributed by atoms with Crippen molar-refractivity contribution in [2.24, 2.45) is 22.7 Å². The molecule has 3 saturated heterocycles. The summed E-state index contributed by atoms with van der Waals surface area (Å²) in [5.74, 6) is 0.886. The smallest absolute Gasteiger partial charge is 0.287 e. The van der Waals surface area contributed by atoms with E-state index in [2.05, 4.69) is 46.5 Å². The van der Waals surface area contributed by atoms with Crippen LogP contribution in [0.25, 0.3) is 21.9 Å². The number of nitrogens with one attached hydrogen (secondary N) is 2. The molecule has 2 spiro atoms. The molecule has 2 unspecified atom stereocenters. The van der Waals surface area contributed by atoms with E-state index in [0.29, 0.717) is 72.9 Å². The van der Waals surface area contributed by atoms with E-state index >= 15 is 0 Å². The van der Waals surface area contributed by atoms with Crippen LogP contribution >= 0.6 is 0 Å². The normalized spacial score (nSPS) is 23.7. The van der Waals surface area contributed by atoms with Gasteiger partial charge >= 0.3 is 0 Å². The first-order valence-electron chi connectivity index (χ1n) is 24.9. The summed E-state index contributed by atoms with van der Waals surface area (Å²) in [4.78, 5) is 69.0. The maximum absolute atomic E-state index is 14.2. The minimum Gasteiger partial charge on any atom is -0.449 e. The van der Waals surface area contributed by atoms with Crippen molar-refractivity contribution in [1.82, 2.24) is 54.9 Å². The Morgan fingerprint density at radius 3 is 2.29 bits per heavy atom. The minimum atomic E-state index is -0.598. The van der Waals surface area contributed by atoms with Gasteiger partial charge in [-0.3, -0.25) is 38.5 Å². The summed E-state index contributed by atoms with van der Waals surface area (Å²) in [5.41, 5.74) is 3.69. The Kier molecular flexibility index (Phi) is 11.5. The Morgan fingerprint density at radius 2 is 1.54 bits per heavy atom. The average Bonchev–Trinajstić information content (AvgIpc) is 4.01. The van der Waals surface area contributed by atoms with E-state index in [1.165, 1.54) is 0 Å². The molecule has 6 aromatic rings. The van der Waals surface area contributed by atoms with Gasteiger partial charge in [-0.25, -0.2) is 0 Å². The highest BCUT2D eigenvalue weighted by Gasteiger charge is 2.55. The molecule has 2 N–H and O–H groups in total. The van der Waals surface area contributed by atoms with Crippen LogP contribution in [0.3, 0.4) is 0 Å². The number of carbonyl (C=O) groups is 4. The molecule has 0 radical (unpaired) electrons. The van der Waals surface area contributed by atoms with Crippen molar-refractivity contribution in [3.8, 4) is 0 Å². The Balaban J connectivity index is 0.647. The van der Waals surface area contributed by atoms with Crippen LogP contribution in [0, 0.1) is 29.6 Å². The summed E-state index contributed by atoms with van der Waals surface area (Å²) >= 11 is 0. The molecule has 3 aliphatic heterocycles. The first-order valence-corrected chi connectivity index (χ1v) is 24.9. The lowest BCUT2D eigenvalue weighted by Gasteiger charge is -2.48. The molecule has 4 amide bonds. The standard InChI is InChI=1S/C52H63N11O6/c1-33-18-41(49(67)61-16-10-52(11-17-61)24-38(52)28-56-47(65)42-20-35-6-12-53-29-44(35)68-42)63(58-33)50(2,3)25-39-19-36-21-43(69-45(36)30-54-39)46(64)55-26-34-22-51(23-34)8-5-13-60(15-9-51)48(66)37-27-57-62(31-37)40-7-14-59(4)32-40/h6,12,18-21,27,29-31,34,38,40H,5,7-11,13-17,22-26,28,32H2,1-4H3,(H,55,64)(H,56,65). The van der Waals surface area contributed by atoms with E-state index < -0.39 is 5.54 Å². The third-order valence-electron chi connectivity index (χ3n) is 16.3. The first kappa shape index (κ1) is 45.1. The lowest BCUT2D eigenvalue weighted by molar-refractivity contribution is 0.0363. The molecule has 6 aromatic heterocycles. The molecule has 2 aliphatic carbocycles. The molecule has 5 fully saturated rings. The van der Waals surface area contributed by atoms with Crippen molar-refractivity contribution in [1.29, 1.82) is 0 Å². The highest BCUT2D eigenvalue weighted by molar-refractivity contribution is 5.97. The number of furan rings is 2. The van der Waals surface area contributed by atoms with Crippen LogP contribution in [0.1, 0.15) is 131 Å². The summed E-state index contributed by atoms with van der Waals surface area (Å²) in [6.07, 6.45) is 18.1. The van der Waals surface area contributed by atoms with Gasteiger partial charge in [-0.15, -0.1) is 0 Å². The highest BCUT2D eigenvalue weighted by atomic mass is 16.4. The molecule has 0 aromatic carbocycles. The summed E-state index contributed by atoms with van der Waals surface area (Å²) in [7, 11) is 2.12. The number of likely N-dealkylation sites (tertiary alicyclic amines) is 3. The third kappa shape index (κ3) is 8.94. The zero-order valence-electron chi connectivity index (χ0n) is 40.2. The first-order chi connectivity index (χ1) is 33.2. The largest absolute Gasteiger partial charge is 0.449 e. The van der Waals surface area contributed by atoms with Gasteiger partial charge in [-0.1, -0.05) is 0 Å². The Hall–Kier alpha value is -6.36. The number of rotatable bonds is 12. The van der Waals surface area contributed by atoms with Gasteiger partial charge < -0.3 is 34.2 Å². The number of hydrogen-bond acceptors (Lipinski definition) is 11. The fraction of sp³-hybridized carbons (Fsp3) is 0.538. The third-order valence-corrected chi connectivity index (χ3v) is 16.3. The molecular weight excluding hydrogens is 875 g/mol. The second-order valence-corrected chi connectivity index (χ2v) is 21.7. The molecule has 2 atom stereocenters. The highest BCUT2D eigenvalue weighted by Crippen LogP contribution is 2.59. The van der Waals surface area contributed by atoms with Gasteiger partial charge in [0.05, 0.1) is 41.4 Å². The van der Waals surface area contributed by atoms with Crippen LogP contribution in [0.4, 0.5) is 0 Å². The number of aromatic nitrogens is 6. The van der Waals surface area contributed by atoms with Crippen LogP contribution < -0.4 is 10.6 Å². The lowest BCUT2D eigenvalue weighted by atomic mass is 9.58. The quantitative estimate of drug-likeness (QED) is 0.134. The minimum absolute atomic E-state index is 0.0328. The number of likely N-dealkylation sites (N-methyl/N-ethyl adjacent to an activating group) is 1. The van der Waals surface area contributed by atoms with Crippen molar-refractivity contribution >= 4 is 45.6 Å². The molecule has 2 saturated carbocycles. The number of pyridine rings is 2. The Bertz CT molecular complexity index is 2900. The second-order valence-electron chi connectivity index (χ2n) is 21.7. The van der Waals surface area contributed by atoms with E-state index in [-0.39, 0.29) is 46.0 Å². The van der Waals surface area contributed by atoms with E-state index in [0.717, 1.165) is 106 Å². The number of amides is 4. The van der Waals surface area contributed by atoms with Gasteiger partial charge in [0, 0.05) is 81.1 Å². The van der Waals surface area contributed by atoms with Gasteiger partial charge in [0.2, 0.25) is 0 Å². The second kappa shape index (κ2) is 17.6. The molecule has 362 valence electrons. The summed E-state index contributed by atoms with van der Waals surface area (Å²) in [5, 5.41) is 17.2. The zero-order valence-corrected chi connectivity index (χ0v) is 40.2. The van der Waals surface area contributed by atoms with E-state index in [9.17, 15) is 19.2 Å². The van der Waals surface area contributed by atoms with Crippen LogP contribution in [0.15, 0.2) is 70.2 Å². The van der Waals surface area contributed by atoms with E-state index in [1.807, 2.05) is 50.5 Å². The van der Waals surface area contributed by atoms with Crippen LogP contribution in [0.2, 0.25) is 0 Å². The average molecular weight is 938 g/mol.